The third-order valence-electron chi connectivity index (χ3n) is 4.07. The molecule has 0 radical (unpaired) electrons. The minimum absolute atomic E-state index is 0.0308. The number of aliphatic imine (C=N–C) groups is 1. The minimum atomic E-state index is -0.207. The zero-order valence-corrected chi connectivity index (χ0v) is 16.5. The second kappa shape index (κ2) is 6.72. The molecule has 24 heavy (non-hydrogen) atoms. The van der Waals surface area contributed by atoms with Crippen molar-refractivity contribution in [2.45, 2.75) is 46.4 Å². The lowest BCUT2D eigenvalue weighted by Gasteiger charge is -2.30. The van der Waals surface area contributed by atoms with Gasteiger partial charge in [-0.25, -0.2) is 4.99 Å². The van der Waals surface area contributed by atoms with Crippen LogP contribution >= 0.6 is 11.8 Å². The molecule has 1 aromatic carbocycles. The van der Waals surface area contributed by atoms with Gasteiger partial charge in [0.15, 0.2) is 0 Å². The van der Waals surface area contributed by atoms with E-state index in [1.165, 1.54) is 0 Å². The smallest absolute Gasteiger partial charge is 0.207 e. The van der Waals surface area contributed by atoms with Crippen molar-refractivity contribution in [3.8, 4) is 0 Å². The SMILES string of the molecule is CSc1ccccc1N=C1C=C(C(C)(C)C)C=C(C(C)(C)C)C1=O. The summed E-state index contributed by atoms with van der Waals surface area (Å²) in [5.74, 6) is 0.0337. The van der Waals surface area contributed by atoms with Crippen LogP contribution in [0.2, 0.25) is 0 Å². The first kappa shape index (κ1) is 18.7. The number of hydrogen-bond donors (Lipinski definition) is 0. The van der Waals surface area contributed by atoms with Crippen molar-refractivity contribution in [2.75, 3.05) is 6.26 Å². The normalized spacial score (nSPS) is 17.8. The molecule has 0 aromatic heterocycles. The van der Waals surface area contributed by atoms with E-state index >= 15 is 0 Å². The lowest BCUT2D eigenvalue weighted by molar-refractivity contribution is -0.110. The summed E-state index contributed by atoms with van der Waals surface area (Å²) in [4.78, 5) is 18.8. The van der Waals surface area contributed by atoms with Gasteiger partial charge in [0, 0.05) is 10.5 Å². The fraction of sp³-hybridized carbons (Fsp3) is 0.429. The number of allylic oxidation sites excluding steroid dienone is 4. The summed E-state index contributed by atoms with van der Waals surface area (Å²) in [6, 6.07) is 7.95. The van der Waals surface area contributed by atoms with Crippen LogP contribution in [0.4, 0.5) is 5.69 Å². The number of carbonyl (C=O) groups excluding carboxylic acids is 1. The summed E-state index contributed by atoms with van der Waals surface area (Å²) in [5, 5.41) is 0. The van der Waals surface area contributed by atoms with Gasteiger partial charge in [0.05, 0.1) is 5.69 Å². The molecule has 0 heterocycles. The highest BCUT2D eigenvalue weighted by atomic mass is 32.2. The van der Waals surface area contributed by atoms with E-state index in [4.69, 9.17) is 4.99 Å². The van der Waals surface area contributed by atoms with Crippen LogP contribution in [0.3, 0.4) is 0 Å². The molecule has 0 amide bonds. The molecule has 1 aliphatic carbocycles. The van der Waals surface area contributed by atoms with Crippen molar-refractivity contribution < 1.29 is 4.79 Å². The zero-order valence-electron chi connectivity index (χ0n) is 15.7. The summed E-state index contributed by atoms with van der Waals surface area (Å²) in [7, 11) is 0. The van der Waals surface area contributed by atoms with Crippen molar-refractivity contribution in [3.05, 3.63) is 47.6 Å². The quantitative estimate of drug-likeness (QED) is 0.487. The lowest BCUT2D eigenvalue weighted by Crippen LogP contribution is -2.29. The Labute approximate surface area is 150 Å². The predicted octanol–water partition coefficient (Wildman–Crippen LogP) is 6.01. The first-order valence-corrected chi connectivity index (χ1v) is 9.47. The molecule has 0 fully saturated rings. The Morgan fingerprint density at radius 3 is 2.08 bits per heavy atom. The van der Waals surface area contributed by atoms with Gasteiger partial charge in [-0.1, -0.05) is 59.8 Å². The number of hydrogen-bond acceptors (Lipinski definition) is 3. The first-order valence-electron chi connectivity index (χ1n) is 8.25. The molecule has 0 aliphatic heterocycles. The third kappa shape index (κ3) is 4.07. The van der Waals surface area contributed by atoms with Gasteiger partial charge in [-0.3, -0.25) is 4.79 Å². The van der Waals surface area contributed by atoms with E-state index in [0.29, 0.717) is 5.71 Å². The van der Waals surface area contributed by atoms with Crippen molar-refractivity contribution in [1.82, 2.24) is 0 Å². The third-order valence-corrected chi connectivity index (χ3v) is 4.85. The van der Waals surface area contributed by atoms with Crippen LogP contribution < -0.4 is 0 Å². The number of Topliss-reactive ketones (excluding diaryl/α,β-unsaturated/α-hetero) is 1. The van der Waals surface area contributed by atoms with Crippen LogP contribution in [0.5, 0.6) is 0 Å². The van der Waals surface area contributed by atoms with E-state index in [-0.39, 0.29) is 16.6 Å². The minimum Gasteiger partial charge on any atom is -0.287 e. The molecule has 1 aliphatic rings. The molecule has 2 nitrogen and oxygen atoms in total. The van der Waals surface area contributed by atoms with Gasteiger partial charge in [-0.15, -0.1) is 11.8 Å². The zero-order chi connectivity index (χ0) is 18.1. The van der Waals surface area contributed by atoms with E-state index in [1.807, 2.05) is 36.6 Å². The number of rotatable bonds is 2. The molecule has 0 unspecified atom stereocenters. The number of nitrogens with zero attached hydrogens (tertiary/aromatic N) is 1. The summed E-state index contributed by atoms with van der Waals surface area (Å²) in [5.41, 5.74) is 3.13. The van der Waals surface area contributed by atoms with Gasteiger partial charge < -0.3 is 0 Å². The molecule has 0 bridgehead atoms. The molecule has 0 saturated carbocycles. The van der Waals surface area contributed by atoms with E-state index in [9.17, 15) is 4.79 Å². The molecule has 0 atom stereocenters. The van der Waals surface area contributed by atoms with Crippen molar-refractivity contribution in [2.24, 2.45) is 15.8 Å². The second-order valence-electron chi connectivity index (χ2n) is 8.16. The van der Waals surface area contributed by atoms with Crippen LogP contribution in [0.25, 0.3) is 0 Å². The molecule has 3 heteroatoms. The Balaban J connectivity index is 2.61. The van der Waals surface area contributed by atoms with E-state index in [0.717, 1.165) is 21.7 Å². The predicted molar refractivity (Wildman–Crippen MR) is 105 cm³/mol. The average Bonchev–Trinajstić information content (AvgIpc) is 2.47. The summed E-state index contributed by atoms with van der Waals surface area (Å²) in [6.07, 6.45) is 6.04. The monoisotopic (exact) mass is 341 g/mol. The van der Waals surface area contributed by atoms with Gasteiger partial charge in [-0.2, -0.15) is 0 Å². The van der Waals surface area contributed by atoms with E-state index in [1.54, 1.807) is 11.8 Å². The van der Waals surface area contributed by atoms with Crippen molar-refractivity contribution in [1.29, 1.82) is 0 Å². The Morgan fingerprint density at radius 1 is 0.917 bits per heavy atom. The highest BCUT2D eigenvalue weighted by Gasteiger charge is 2.32. The number of benzene rings is 1. The molecule has 0 spiro atoms. The van der Waals surface area contributed by atoms with Gasteiger partial charge in [-0.05, 0) is 40.9 Å². The van der Waals surface area contributed by atoms with E-state index < -0.39 is 0 Å². The van der Waals surface area contributed by atoms with Crippen LogP contribution in [-0.4, -0.2) is 17.8 Å². The first-order chi connectivity index (χ1) is 11.0. The molecule has 0 N–H and O–H groups in total. The summed E-state index contributed by atoms with van der Waals surface area (Å²) in [6.45, 7) is 12.7. The van der Waals surface area contributed by atoms with Gasteiger partial charge in [0.2, 0.25) is 5.78 Å². The highest BCUT2D eigenvalue weighted by molar-refractivity contribution is 7.98. The summed E-state index contributed by atoms with van der Waals surface area (Å²) >= 11 is 1.64. The fourth-order valence-corrected chi connectivity index (χ4v) is 3.08. The lowest BCUT2D eigenvalue weighted by atomic mass is 9.74. The molecular weight excluding hydrogens is 314 g/mol. The highest BCUT2D eigenvalue weighted by Crippen LogP contribution is 2.37. The maximum atomic E-state index is 13.0. The molecule has 0 saturated heterocycles. The van der Waals surface area contributed by atoms with Crippen LogP contribution in [0.1, 0.15) is 41.5 Å². The van der Waals surface area contributed by atoms with Crippen molar-refractivity contribution >= 4 is 28.9 Å². The topological polar surface area (TPSA) is 29.4 Å². The largest absolute Gasteiger partial charge is 0.287 e. The number of ketones is 1. The van der Waals surface area contributed by atoms with Crippen LogP contribution in [0.15, 0.2) is 57.5 Å². The molecular formula is C21H27NOS. The summed E-state index contributed by atoms with van der Waals surface area (Å²) < 4.78 is 0. The fourth-order valence-electron chi connectivity index (χ4n) is 2.54. The maximum absolute atomic E-state index is 13.0. The van der Waals surface area contributed by atoms with Crippen LogP contribution in [0, 0.1) is 10.8 Å². The van der Waals surface area contributed by atoms with Gasteiger partial charge >= 0.3 is 0 Å². The molecule has 1 aromatic rings. The standard InChI is InChI=1S/C21H27NOS/c1-20(2,3)14-12-15(21(4,5)6)19(23)17(13-14)22-16-10-8-9-11-18(16)24-7/h8-13H,1-7H3. The number of para-hydroxylation sites is 1. The molecule has 2 rings (SSSR count). The van der Waals surface area contributed by atoms with E-state index in [2.05, 4.69) is 47.6 Å². The second-order valence-corrected chi connectivity index (χ2v) is 9.00. The Hall–Kier alpha value is -1.61. The van der Waals surface area contributed by atoms with Crippen LogP contribution in [-0.2, 0) is 4.79 Å². The maximum Gasteiger partial charge on any atom is 0.207 e. The average molecular weight is 342 g/mol. The Morgan fingerprint density at radius 2 is 1.54 bits per heavy atom. The number of carbonyl (C=O) groups is 1. The van der Waals surface area contributed by atoms with Crippen molar-refractivity contribution in [3.63, 3.8) is 0 Å². The Bertz CT molecular complexity index is 740. The number of thioether (sulfide) groups is 1. The molecule has 128 valence electrons. The van der Waals surface area contributed by atoms with Gasteiger partial charge in [0.1, 0.15) is 5.71 Å². The Kier molecular flexibility index (Phi) is 5.24. The van der Waals surface area contributed by atoms with Gasteiger partial charge in [0.25, 0.3) is 0 Å².